The van der Waals surface area contributed by atoms with Crippen LogP contribution >= 0.6 is 11.3 Å². The maximum Gasteiger partial charge on any atom is 0.183 e. The van der Waals surface area contributed by atoms with Gasteiger partial charge in [0.25, 0.3) is 0 Å². The highest BCUT2D eigenvalue weighted by Gasteiger charge is 2.03. The van der Waals surface area contributed by atoms with Crippen molar-refractivity contribution in [2.45, 2.75) is 26.7 Å². The highest BCUT2D eigenvalue weighted by atomic mass is 32.1. The van der Waals surface area contributed by atoms with Crippen LogP contribution in [-0.2, 0) is 6.42 Å². The van der Waals surface area contributed by atoms with Gasteiger partial charge in [-0.2, -0.15) is 0 Å². The predicted octanol–water partition coefficient (Wildman–Crippen LogP) is 4.19. The first-order chi connectivity index (χ1) is 8.33. The van der Waals surface area contributed by atoms with Gasteiger partial charge in [-0.15, -0.1) is 11.3 Å². The van der Waals surface area contributed by atoms with E-state index in [0.29, 0.717) is 0 Å². The average molecular weight is 246 g/mol. The van der Waals surface area contributed by atoms with Crippen LogP contribution < -0.4 is 5.32 Å². The molecule has 0 aliphatic carbocycles. The average Bonchev–Trinajstić information content (AvgIpc) is 2.85. The highest BCUT2D eigenvalue weighted by Crippen LogP contribution is 2.25. The van der Waals surface area contributed by atoms with E-state index >= 15 is 0 Å². The molecule has 90 valence electrons. The Labute approximate surface area is 107 Å². The van der Waals surface area contributed by atoms with Gasteiger partial charge in [-0.3, -0.25) is 0 Å². The summed E-state index contributed by atoms with van der Waals surface area (Å²) >= 11 is 1.67. The second-order valence-corrected chi connectivity index (χ2v) is 4.87. The summed E-state index contributed by atoms with van der Waals surface area (Å²) < 4.78 is 0. The van der Waals surface area contributed by atoms with Crippen molar-refractivity contribution in [3.05, 3.63) is 35.2 Å². The first-order valence-electron chi connectivity index (χ1n) is 6.12. The van der Waals surface area contributed by atoms with E-state index in [0.717, 1.165) is 30.2 Å². The molecule has 0 amide bonds. The minimum Gasteiger partial charge on any atom is -0.362 e. The van der Waals surface area contributed by atoms with Crippen molar-refractivity contribution in [1.29, 1.82) is 0 Å². The molecule has 0 aliphatic heterocycles. The lowest BCUT2D eigenvalue weighted by molar-refractivity contribution is 0.976. The molecule has 0 atom stereocenters. The number of nitrogens with one attached hydrogen (secondary N) is 1. The summed E-state index contributed by atoms with van der Waals surface area (Å²) in [5, 5.41) is 6.44. The Bertz CT molecular complexity index is 459. The first kappa shape index (κ1) is 12.1. The third kappa shape index (κ3) is 3.07. The fourth-order valence-electron chi connectivity index (χ4n) is 1.63. The Morgan fingerprint density at radius 2 is 1.94 bits per heavy atom. The molecule has 0 fully saturated rings. The molecule has 0 unspecified atom stereocenters. The van der Waals surface area contributed by atoms with E-state index in [1.54, 1.807) is 11.3 Å². The Kier molecular flexibility index (Phi) is 4.15. The van der Waals surface area contributed by atoms with Crippen molar-refractivity contribution >= 4 is 16.5 Å². The van der Waals surface area contributed by atoms with Crippen LogP contribution in [0.2, 0.25) is 0 Å². The van der Waals surface area contributed by atoms with E-state index < -0.39 is 0 Å². The van der Waals surface area contributed by atoms with Crippen molar-refractivity contribution in [3.8, 4) is 11.3 Å². The number of hydrogen-bond donors (Lipinski definition) is 1. The first-order valence-corrected chi connectivity index (χ1v) is 7.00. The lowest BCUT2D eigenvalue weighted by atomic mass is 10.1. The van der Waals surface area contributed by atoms with Gasteiger partial charge >= 0.3 is 0 Å². The van der Waals surface area contributed by atoms with Crippen LogP contribution in [-0.4, -0.2) is 11.5 Å². The van der Waals surface area contributed by atoms with Gasteiger partial charge in [0.1, 0.15) is 0 Å². The predicted molar refractivity (Wildman–Crippen MR) is 75.7 cm³/mol. The molecular formula is C14H18N2S. The molecular weight excluding hydrogens is 228 g/mol. The topological polar surface area (TPSA) is 24.9 Å². The van der Waals surface area contributed by atoms with Crippen LogP contribution in [0.4, 0.5) is 5.13 Å². The summed E-state index contributed by atoms with van der Waals surface area (Å²) in [4.78, 5) is 4.58. The molecule has 1 N–H and O–H groups in total. The molecule has 0 saturated heterocycles. The van der Waals surface area contributed by atoms with Crippen LogP contribution in [0.3, 0.4) is 0 Å². The summed E-state index contributed by atoms with van der Waals surface area (Å²) in [6.45, 7) is 5.32. The minimum absolute atomic E-state index is 0.988. The highest BCUT2D eigenvalue weighted by molar-refractivity contribution is 7.14. The second-order valence-electron chi connectivity index (χ2n) is 4.02. The molecule has 17 heavy (non-hydrogen) atoms. The number of anilines is 1. The molecule has 3 heteroatoms. The minimum atomic E-state index is 0.988. The van der Waals surface area contributed by atoms with E-state index in [-0.39, 0.29) is 0 Å². The second kappa shape index (κ2) is 5.82. The van der Waals surface area contributed by atoms with Crippen molar-refractivity contribution in [2.75, 3.05) is 11.9 Å². The lowest BCUT2D eigenvalue weighted by Gasteiger charge is -2.00. The van der Waals surface area contributed by atoms with Gasteiger partial charge in [-0.05, 0) is 18.4 Å². The summed E-state index contributed by atoms with van der Waals surface area (Å²) in [5.74, 6) is 0. The SMILES string of the molecule is CCCNc1nc(-c2ccc(CC)cc2)cs1. The Balaban J connectivity index is 2.12. The molecule has 0 aliphatic rings. The van der Waals surface area contributed by atoms with Gasteiger partial charge in [0.2, 0.25) is 0 Å². The molecule has 1 heterocycles. The van der Waals surface area contributed by atoms with E-state index in [1.165, 1.54) is 11.1 Å². The maximum absolute atomic E-state index is 4.58. The monoisotopic (exact) mass is 246 g/mol. The van der Waals surface area contributed by atoms with Crippen LogP contribution in [0, 0.1) is 0 Å². The standard InChI is InChI=1S/C14H18N2S/c1-3-9-15-14-16-13(10-17-14)12-7-5-11(4-2)6-8-12/h5-8,10H,3-4,9H2,1-2H3,(H,15,16). The van der Waals surface area contributed by atoms with Crippen LogP contribution in [0.1, 0.15) is 25.8 Å². The maximum atomic E-state index is 4.58. The molecule has 0 radical (unpaired) electrons. The number of nitrogens with zero attached hydrogens (tertiary/aromatic N) is 1. The van der Waals surface area contributed by atoms with Gasteiger partial charge in [0.05, 0.1) is 5.69 Å². The third-order valence-corrected chi connectivity index (χ3v) is 3.49. The number of benzene rings is 1. The van der Waals surface area contributed by atoms with Crippen LogP contribution in [0.25, 0.3) is 11.3 Å². The van der Waals surface area contributed by atoms with Gasteiger partial charge in [0.15, 0.2) is 5.13 Å². The van der Waals surface area contributed by atoms with Gasteiger partial charge in [0, 0.05) is 17.5 Å². The Morgan fingerprint density at radius 3 is 2.59 bits per heavy atom. The number of aromatic nitrogens is 1. The smallest absolute Gasteiger partial charge is 0.183 e. The molecule has 2 rings (SSSR count). The van der Waals surface area contributed by atoms with Gasteiger partial charge < -0.3 is 5.32 Å². The van der Waals surface area contributed by atoms with Gasteiger partial charge in [-0.25, -0.2) is 4.98 Å². The molecule has 1 aromatic carbocycles. The van der Waals surface area contributed by atoms with Crippen molar-refractivity contribution in [3.63, 3.8) is 0 Å². The van der Waals surface area contributed by atoms with E-state index in [4.69, 9.17) is 0 Å². The number of thiazole rings is 1. The fourth-order valence-corrected chi connectivity index (χ4v) is 2.38. The molecule has 0 saturated carbocycles. The molecule has 0 spiro atoms. The van der Waals surface area contributed by atoms with E-state index in [2.05, 4.69) is 53.8 Å². The fraction of sp³-hybridized carbons (Fsp3) is 0.357. The Hall–Kier alpha value is -1.35. The molecule has 2 nitrogen and oxygen atoms in total. The molecule has 1 aromatic heterocycles. The third-order valence-electron chi connectivity index (χ3n) is 2.69. The zero-order chi connectivity index (χ0) is 12.1. The lowest BCUT2D eigenvalue weighted by Crippen LogP contribution is -1.98. The zero-order valence-electron chi connectivity index (χ0n) is 10.4. The van der Waals surface area contributed by atoms with E-state index in [1.807, 2.05) is 0 Å². The summed E-state index contributed by atoms with van der Waals surface area (Å²) in [6, 6.07) is 8.65. The number of aryl methyl sites for hydroxylation is 1. The largest absolute Gasteiger partial charge is 0.362 e. The number of hydrogen-bond acceptors (Lipinski definition) is 3. The summed E-state index contributed by atoms with van der Waals surface area (Å²) in [7, 11) is 0. The van der Waals surface area contributed by atoms with E-state index in [9.17, 15) is 0 Å². The van der Waals surface area contributed by atoms with Gasteiger partial charge in [-0.1, -0.05) is 38.1 Å². The normalized spacial score (nSPS) is 10.5. The Morgan fingerprint density at radius 1 is 1.18 bits per heavy atom. The van der Waals surface area contributed by atoms with Crippen molar-refractivity contribution in [2.24, 2.45) is 0 Å². The van der Waals surface area contributed by atoms with Crippen LogP contribution in [0.15, 0.2) is 29.6 Å². The molecule has 0 bridgehead atoms. The van der Waals surface area contributed by atoms with Crippen LogP contribution in [0.5, 0.6) is 0 Å². The quantitative estimate of drug-likeness (QED) is 0.855. The van der Waals surface area contributed by atoms with Crippen molar-refractivity contribution in [1.82, 2.24) is 4.98 Å². The molecule has 2 aromatic rings. The number of rotatable bonds is 5. The zero-order valence-corrected chi connectivity index (χ0v) is 11.2. The summed E-state index contributed by atoms with van der Waals surface area (Å²) in [6.07, 6.45) is 2.21. The summed E-state index contributed by atoms with van der Waals surface area (Å²) in [5.41, 5.74) is 3.63. The van der Waals surface area contributed by atoms with Crippen molar-refractivity contribution < 1.29 is 0 Å².